The van der Waals surface area contributed by atoms with Crippen LogP contribution in [0.5, 0.6) is 0 Å². The Hall–Kier alpha value is -4.73. The molecule has 24 atom stereocenters. The van der Waals surface area contributed by atoms with Crippen LogP contribution in [0.2, 0.25) is 0 Å². The fourth-order valence-corrected chi connectivity index (χ4v) is 27.3. The van der Waals surface area contributed by atoms with Gasteiger partial charge in [0.25, 0.3) is 0 Å². The zero-order chi connectivity index (χ0) is 65.8. The summed E-state index contributed by atoms with van der Waals surface area (Å²) < 4.78 is 0. The number of carbonyl (C=O) groups excluding carboxylic acids is 3. The van der Waals surface area contributed by atoms with Crippen LogP contribution >= 0.6 is 0 Å². The van der Waals surface area contributed by atoms with Crippen molar-refractivity contribution in [1.82, 2.24) is 0 Å². The predicted octanol–water partition coefficient (Wildman–Crippen LogP) is 16.5. The molecule has 16 aliphatic rings. The number of allylic oxidation sites excluding steroid dienone is 9. The molecule has 0 unspecified atom stereocenters. The summed E-state index contributed by atoms with van der Waals surface area (Å²) in [5.41, 5.74) is 4.19. The van der Waals surface area contributed by atoms with Gasteiger partial charge in [0.05, 0.1) is 0 Å². The fraction of sp³-hybridized carbons (Fsp3) is 0.709. The molecule has 93 heavy (non-hydrogen) atoms. The van der Waals surface area contributed by atoms with Crippen LogP contribution in [0.25, 0.3) is 0 Å². The Balaban J connectivity index is 0.000000113. The summed E-state index contributed by atoms with van der Waals surface area (Å²) in [7, 11) is 0. The zero-order valence-electron chi connectivity index (χ0n) is 57.3. The normalized spacial score (nSPS) is 48.2. The maximum atomic E-state index is 11.8. The Morgan fingerprint density at radius 1 is 0.430 bits per heavy atom. The van der Waals surface area contributed by atoms with E-state index in [0.717, 1.165) is 160 Å². The number of ketones is 3. The third-order valence-electron chi connectivity index (χ3n) is 31.5. The van der Waals surface area contributed by atoms with Gasteiger partial charge in [-0.3, -0.25) is 14.4 Å². The number of terminal acetylenes is 4. The topological polar surface area (TPSA) is 132 Å². The first-order valence-electron chi connectivity index (χ1n) is 37.8. The van der Waals surface area contributed by atoms with Gasteiger partial charge < -0.3 is 20.4 Å². The summed E-state index contributed by atoms with van der Waals surface area (Å²) in [5.74, 6) is 21.6. The van der Waals surface area contributed by atoms with Gasteiger partial charge in [-0.15, -0.1) is 25.7 Å². The molecular weight excluding hydrogens is 1140 g/mol. The summed E-state index contributed by atoms with van der Waals surface area (Å²) in [6.07, 6.45) is 69.4. The maximum Gasteiger partial charge on any atom is 0.155 e. The van der Waals surface area contributed by atoms with Crippen molar-refractivity contribution in [1.29, 1.82) is 0 Å². The number of hydrogen-bond donors (Lipinski definition) is 4. The molecule has 498 valence electrons. The molecular formula is C86H112O7. The highest BCUT2D eigenvalue weighted by Crippen LogP contribution is 2.71. The lowest BCUT2D eigenvalue weighted by molar-refractivity contribution is -0.117. The smallest absolute Gasteiger partial charge is 0.155 e. The van der Waals surface area contributed by atoms with E-state index in [4.69, 9.17) is 25.7 Å². The van der Waals surface area contributed by atoms with Crippen molar-refractivity contribution in [2.45, 2.75) is 262 Å². The number of hydrogen-bond acceptors (Lipinski definition) is 7. The molecule has 7 heteroatoms. The zero-order valence-corrected chi connectivity index (χ0v) is 57.3. The SMILES string of the molecule is C#C[C@]1(O)C=C[C@H]2[C@@H]3CCC4=CC(=O)CC[C@@H]4[C@H]3CC[C@@]21CC.C#C[C@]1(O)CC[C@H]2[C@@H]3CCC4=CC(=O)CC[C@@H]4[C@H]3C(=C)C[C@@]21CC.C#C[C@]1(O)CC[C@H]2[C@@H]3CCC4=CC(=O)CC[C@@H]4[C@H]3CC[C@@]21CC.C#C[C@]1(O)CC[C@H]2[C@@H]3CCC4=CCCC[C@@H]4[C@H]3C(=C)C[C@@]21CC. The minimum atomic E-state index is -1.07. The Morgan fingerprint density at radius 2 is 0.828 bits per heavy atom. The van der Waals surface area contributed by atoms with Gasteiger partial charge in [0.2, 0.25) is 0 Å². The summed E-state index contributed by atoms with van der Waals surface area (Å²) >= 11 is 0. The van der Waals surface area contributed by atoms with Crippen LogP contribution < -0.4 is 0 Å². The summed E-state index contributed by atoms with van der Waals surface area (Å²) in [6.45, 7) is 17.8. The van der Waals surface area contributed by atoms with Gasteiger partial charge in [-0.1, -0.05) is 110 Å². The quantitative estimate of drug-likeness (QED) is 0.163. The molecule has 0 aromatic carbocycles. The van der Waals surface area contributed by atoms with Gasteiger partial charge in [-0.25, -0.2) is 0 Å². The van der Waals surface area contributed by atoms with Gasteiger partial charge in [0.15, 0.2) is 17.3 Å². The van der Waals surface area contributed by atoms with Crippen molar-refractivity contribution in [2.75, 3.05) is 0 Å². The molecule has 0 aromatic heterocycles. The lowest BCUT2D eigenvalue weighted by atomic mass is 9.48. The lowest BCUT2D eigenvalue weighted by Crippen LogP contribution is -2.54. The molecule has 16 rings (SSSR count). The highest BCUT2D eigenvalue weighted by Gasteiger charge is 2.68. The van der Waals surface area contributed by atoms with Crippen LogP contribution in [0.15, 0.2) is 83.1 Å². The molecule has 0 bridgehead atoms. The fourth-order valence-electron chi connectivity index (χ4n) is 27.3. The molecule has 0 aromatic rings. The molecule has 0 saturated heterocycles. The Morgan fingerprint density at radius 3 is 1.30 bits per heavy atom. The average Bonchev–Trinajstić information content (AvgIpc) is 1.65. The van der Waals surface area contributed by atoms with Crippen LogP contribution in [0, 0.1) is 166 Å². The van der Waals surface area contributed by atoms with Crippen molar-refractivity contribution in [3.05, 3.63) is 83.1 Å². The number of fused-ring (bicyclic) bond motifs is 20. The van der Waals surface area contributed by atoms with Gasteiger partial charge in [0.1, 0.15) is 22.4 Å². The average molecular weight is 1260 g/mol. The van der Waals surface area contributed by atoms with Crippen LogP contribution in [0.3, 0.4) is 0 Å². The second-order valence-corrected chi connectivity index (χ2v) is 33.5. The van der Waals surface area contributed by atoms with Crippen molar-refractivity contribution in [3.8, 4) is 49.4 Å². The van der Waals surface area contributed by atoms with Crippen molar-refractivity contribution in [3.63, 3.8) is 0 Å². The van der Waals surface area contributed by atoms with E-state index in [1.54, 1.807) is 5.57 Å². The van der Waals surface area contributed by atoms with E-state index in [9.17, 15) is 34.8 Å². The number of aliphatic hydroxyl groups is 4. The predicted molar refractivity (Wildman–Crippen MR) is 371 cm³/mol. The first kappa shape index (κ1) is 66.9. The molecule has 11 saturated carbocycles. The first-order chi connectivity index (χ1) is 44.6. The standard InChI is InChI=1S/C22H28O2.C22H30O.C21H28O2.C21H26O2/c1-4-21-13-14(3)20-17-9-7-16(23)12-15(17)6-8-18(20)19(21)10-11-22(21,24)5-2;1-4-21-14-15(3)20-17-9-7-6-8-16(17)10-11-18(20)19(21)12-13-22(21,23)5-2;2*1-3-20-11-9-17-16-8-6-15(22)13-14(16)5-7-18(17)19(20)10-12-21(20,23)4-2/h2,12,17-20,24H,3-4,6-11,13H2,1H3;2,8,17-20,23H,3-4,6-7,9-14H2,1H3;2,13,16-19,23H,3,5-12H2,1H3;2,10,12-13,16-19,23H,3,5-9,11H2,1H3/t2*17-,18-,19-,20+,21-,22-;2*16-,17+,18+,19-,20-,21-/m0000/s1. The number of carbonyl (C=O) groups is 3. The number of rotatable bonds is 4. The minimum absolute atomic E-state index is 0.0609. The molecule has 0 radical (unpaired) electrons. The van der Waals surface area contributed by atoms with E-state index in [-0.39, 0.29) is 21.7 Å². The minimum Gasteiger partial charge on any atom is -0.377 e. The molecule has 0 heterocycles. The third kappa shape index (κ3) is 10.1. The largest absolute Gasteiger partial charge is 0.377 e. The third-order valence-corrected chi connectivity index (χ3v) is 31.5. The van der Waals surface area contributed by atoms with E-state index in [1.807, 2.05) is 24.3 Å². The monoisotopic (exact) mass is 1260 g/mol. The Kier molecular flexibility index (Phi) is 18.0. The van der Waals surface area contributed by atoms with Gasteiger partial charge >= 0.3 is 0 Å². The second kappa shape index (κ2) is 25.0. The summed E-state index contributed by atoms with van der Waals surface area (Å²) in [4.78, 5) is 35.3. The van der Waals surface area contributed by atoms with Crippen LogP contribution in [0.4, 0.5) is 0 Å². The molecule has 7 nitrogen and oxygen atoms in total. The highest BCUT2D eigenvalue weighted by molar-refractivity contribution is 5.92. The van der Waals surface area contributed by atoms with Crippen LogP contribution in [0.1, 0.15) is 240 Å². The molecule has 0 aliphatic heterocycles. The molecule has 11 fully saturated rings. The van der Waals surface area contributed by atoms with E-state index in [0.29, 0.717) is 119 Å². The van der Waals surface area contributed by atoms with E-state index < -0.39 is 22.4 Å². The van der Waals surface area contributed by atoms with E-state index in [1.165, 1.54) is 72.8 Å². The van der Waals surface area contributed by atoms with Crippen LogP contribution in [-0.4, -0.2) is 60.2 Å². The molecule has 0 spiro atoms. The van der Waals surface area contributed by atoms with Crippen LogP contribution in [-0.2, 0) is 14.4 Å². The van der Waals surface area contributed by atoms with Crippen molar-refractivity contribution in [2.24, 2.45) is 116 Å². The molecule has 4 N–H and O–H groups in total. The first-order valence-corrected chi connectivity index (χ1v) is 37.8. The summed E-state index contributed by atoms with van der Waals surface area (Å²) in [6, 6.07) is 0. The van der Waals surface area contributed by atoms with E-state index >= 15 is 0 Å². The maximum absolute atomic E-state index is 11.8. The van der Waals surface area contributed by atoms with Gasteiger partial charge in [0, 0.05) is 40.9 Å². The molecule has 0 amide bonds. The van der Waals surface area contributed by atoms with E-state index in [2.05, 4.69) is 76.7 Å². The Bertz CT molecular complexity index is 3370. The highest BCUT2D eigenvalue weighted by atomic mass is 16.3. The Labute approximate surface area is 560 Å². The van der Waals surface area contributed by atoms with Gasteiger partial charge in [-0.2, -0.15) is 0 Å². The lowest BCUT2D eigenvalue weighted by Gasteiger charge is -2.56. The van der Waals surface area contributed by atoms with Gasteiger partial charge in [-0.05, 0) is 312 Å². The second-order valence-electron chi connectivity index (χ2n) is 33.5. The molecule has 16 aliphatic carbocycles. The summed E-state index contributed by atoms with van der Waals surface area (Å²) in [5, 5.41) is 44.5. The van der Waals surface area contributed by atoms with Crippen molar-refractivity contribution < 1.29 is 34.8 Å². The van der Waals surface area contributed by atoms with Crippen molar-refractivity contribution >= 4 is 17.3 Å².